The third kappa shape index (κ3) is 6.16. The predicted octanol–water partition coefficient (Wildman–Crippen LogP) is 6.54. The van der Waals surface area contributed by atoms with E-state index in [0.717, 1.165) is 18.4 Å². The number of aryl methyl sites for hydroxylation is 1. The molecular formula is C29H28F4N4O4. The van der Waals surface area contributed by atoms with Crippen LogP contribution in [0.5, 0.6) is 23.0 Å². The molecule has 0 spiro atoms. The molecule has 12 heteroatoms. The van der Waals surface area contributed by atoms with Gasteiger partial charge in [-0.3, -0.25) is 9.36 Å². The van der Waals surface area contributed by atoms with E-state index in [1.54, 1.807) is 22.8 Å². The first-order chi connectivity index (χ1) is 19.6. The number of aromatic nitrogens is 2. The van der Waals surface area contributed by atoms with E-state index in [9.17, 15) is 22.4 Å². The van der Waals surface area contributed by atoms with Crippen LogP contribution in [0.3, 0.4) is 0 Å². The molecule has 0 atom stereocenters. The second-order valence-electron chi connectivity index (χ2n) is 9.71. The molecule has 2 N–H and O–H groups in total. The van der Waals surface area contributed by atoms with Crippen LogP contribution in [-0.4, -0.2) is 48.4 Å². The molecule has 8 nitrogen and oxygen atoms in total. The molecule has 0 unspecified atom stereocenters. The number of alkyl halides is 3. The molecule has 41 heavy (non-hydrogen) atoms. The van der Waals surface area contributed by atoms with Gasteiger partial charge in [0.1, 0.15) is 17.6 Å². The Morgan fingerprint density at radius 2 is 1.85 bits per heavy atom. The molecule has 216 valence electrons. The SMILES string of the molecule is COc1ccc(F)c(OC)c1Oc1cc(NCCC(F)(F)F)c2ncn(-c3ccc(C(=O)NC4CC4)c(C)c3)c2c1. The van der Waals surface area contributed by atoms with Crippen molar-refractivity contribution in [2.24, 2.45) is 0 Å². The number of hydrogen-bond acceptors (Lipinski definition) is 6. The first-order valence-corrected chi connectivity index (χ1v) is 12.9. The summed E-state index contributed by atoms with van der Waals surface area (Å²) in [4.78, 5) is 17.1. The summed E-state index contributed by atoms with van der Waals surface area (Å²) in [6, 6.07) is 11.2. The van der Waals surface area contributed by atoms with Crippen molar-refractivity contribution in [3.8, 4) is 28.7 Å². The number of methoxy groups -OCH3 is 2. The molecule has 1 aliphatic carbocycles. The monoisotopic (exact) mass is 572 g/mol. The molecular weight excluding hydrogens is 544 g/mol. The summed E-state index contributed by atoms with van der Waals surface area (Å²) in [5.74, 6) is -0.688. The minimum atomic E-state index is -4.35. The predicted molar refractivity (Wildman–Crippen MR) is 145 cm³/mol. The highest BCUT2D eigenvalue weighted by Gasteiger charge is 2.27. The summed E-state index contributed by atoms with van der Waals surface area (Å²) >= 11 is 0. The Hall–Kier alpha value is -4.48. The van der Waals surface area contributed by atoms with Gasteiger partial charge in [-0.2, -0.15) is 13.2 Å². The standard InChI is InChI=1S/C29H28F4N4O4/c1-16-12-18(6-7-20(16)28(38)36-17-4-5-17)37-15-35-25-22(34-11-10-29(31,32)33)13-19(14-23(25)37)41-27-24(39-2)9-8-21(30)26(27)40-3/h6-9,12-15,17,34H,4-5,10-11H2,1-3H3,(H,36,38). The molecule has 5 rings (SSSR count). The Morgan fingerprint density at radius 3 is 2.51 bits per heavy atom. The van der Waals surface area contributed by atoms with Gasteiger partial charge < -0.3 is 24.8 Å². The highest BCUT2D eigenvalue weighted by atomic mass is 19.4. The largest absolute Gasteiger partial charge is 0.493 e. The van der Waals surface area contributed by atoms with Crippen molar-refractivity contribution in [3.05, 3.63) is 65.7 Å². The fourth-order valence-electron chi connectivity index (χ4n) is 4.46. The number of anilines is 1. The smallest absolute Gasteiger partial charge is 0.390 e. The van der Waals surface area contributed by atoms with E-state index in [4.69, 9.17) is 14.2 Å². The summed E-state index contributed by atoms with van der Waals surface area (Å²) < 4.78 is 71.4. The molecule has 1 heterocycles. The number of carbonyl (C=O) groups is 1. The Bertz CT molecular complexity index is 1600. The van der Waals surface area contributed by atoms with Crippen LogP contribution >= 0.6 is 0 Å². The molecule has 1 aliphatic rings. The average molecular weight is 573 g/mol. The van der Waals surface area contributed by atoms with Crippen LogP contribution in [0.1, 0.15) is 35.2 Å². The number of amides is 1. The van der Waals surface area contributed by atoms with Crippen LogP contribution in [0.25, 0.3) is 16.7 Å². The number of ether oxygens (including phenoxy) is 3. The first-order valence-electron chi connectivity index (χ1n) is 12.9. The molecule has 1 aromatic heterocycles. The van der Waals surface area contributed by atoms with Crippen molar-refractivity contribution in [1.82, 2.24) is 14.9 Å². The molecule has 0 saturated heterocycles. The van der Waals surface area contributed by atoms with Gasteiger partial charge in [0.05, 0.1) is 31.8 Å². The maximum Gasteiger partial charge on any atom is 0.390 e. The highest BCUT2D eigenvalue weighted by molar-refractivity contribution is 5.96. The van der Waals surface area contributed by atoms with Gasteiger partial charge in [-0.25, -0.2) is 9.37 Å². The van der Waals surface area contributed by atoms with Crippen molar-refractivity contribution in [2.45, 2.75) is 38.4 Å². The number of halogens is 4. The molecule has 0 radical (unpaired) electrons. The molecule has 0 bridgehead atoms. The highest BCUT2D eigenvalue weighted by Crippen LogP contribution is 2.43. The number of nitrogens with zero attached hydrogens (tertiary/aromatic N) is 2. The molecule has 1 saturated carbocycles. The van der Waals surface area contributed by atoms with E-state index >= 15 is 0 Å². The van der Waals surface area contributed by atoms with Crippen LogP contribution < -0.4 is 24.8 Å². The Kier molecular flexibility index (Phi) is 7.65. The maximum atomic E-state index is 14.5. The number of imidazole rings is 1. The third-order valence-electron chi connectivity index (χ3n) is 6.67. The van der Waals surface area contributed by atoms with Gasteiger partial charge in [-0.05, 0) is 55.7 Å². The minimum Gasteiger partial charge on any atom is -0.493 e. The topological polar surface area (TPSA) is 86.6 Å². The van der Waals surface area contributed by atoms with E-state index in [1.807, 2.05) is 13.0 Å². The van der Waals surface area contributed by atoms with E-state index in [0.29, 0.717) is 22.3 Å². The van der Waals surface area contributed by atoms with Crippen molar-refractivity contribution in [3.63, 3.8) is 0 Å². The molecule has 1 fully saturated rings. The van der Waals surface area contributed by atoms with Crippen LogP contribution in [0.15, 0.2) is 48.8 Å². The fraction of sp³-hybridized carbons (Fsp3) is 0.310. The number of carbonyl (C=O) groups excluding carboxylic acids is 1. The summed E-state index contributed by atoms with van der Waals surface area (Å²) in [6.07, 6.45) is -1.93. The normalized spacial score (nSPS) is 13.2. The lowest BCUT2D eigenvalue weighted by Gasteiger charge is -2.16. The second kappa shape index (κ2) is 11.2. The summed E-state index contributed by atoms with van der Waals surface area (Å²) in [6.45, 7) is 1.43. The van der Waals surface area contributed by atoms with Crippen LogP contribution in [0, 0.1) is 12.7 Å². The average Bonchev–Trinajstić information content (AvgIpc) is 3.63. The summed E-state index contributed by atoms with van der Waals surface area (Å²) in [7, 11) is 2.67. The number of nitrogens with one attached hydrogen (secondary N) is 2. The van der Waals surface area contributed by atoms with Crippen molar-refractivity contribution < 1.29 is 36.6 Å². The lowest BCUT2D eigenvalue weighted by atomic mass is 10.1. The van der Waals surface area contributed by atoms with Gasteiger partial charge in [0.2, 0.25) is 11.5 Å². The zero-order valence-electron chi connectivity index (χ0n) is 22.6. The minimum absolute atomic E-state index is 0.0384. The zero-order chi connectivity index (χ0) is 29.3. The number of benzene rings is 3. The second-order valence-corrected chi connectivity index (χ2v) is 9.71. The Morgan fingerprint density at radius 1 is 1.07 bits per heavy atom. The van der Waals surface area contributed by atoms with Gasteiger partial charge >= 0.3 is 6.18 Å². The lowest BCUT2D eigenvalue weighted by Crippen LogP contribution is -2.26. The first kappa shape index (κ1) is 28.1. The Labute approximate surface area is 233 Å². The fourth-order valence-corrected chi connectivity index (χ4v) is 4.46. The molecule has 4 aromatic rings. The van der Waals surface area contributed by atoms with Crippen molar-refractivity contribution in [1.29, 1.82) is 0 Å². The van der Waals surface area contributed by atoms with Crippen molar-refractivity contribution >= 4 is 22.6 Å². The third-order valence-corrected chi connectivity index (χ3v) is 6.67. The summed E-state index contributed by atoms with van der Waals surface area (Å²) in [5.41, 5.74) is 3.15. The van der Waals surface area contributed by atoms with E-state index in [-0.39, 0.29) is 40.6 Å². The van der Waals surface area contributed by atoms with Gasteiger partial charge in [0, 0.05) is 36.0 Å². The van der Waals surface area contributed by atoms with Crippen molar-refractivity contribution in [2.75, 3.05) is 26.1 Å². The van der Waals surface area contributed by atoms with Gasteiger partial charge in [-0.1, -0.05) is 0 Å². The van der Waals surface area contributed by atoms with Gasteiger partial charge in [0.25, 0.3) is 5.91 Å². The number of fused-ring (bicyclic) bond motifs is 1. The molecule has 3 aromatic carbocycles. The Balaban J connectivity index is 1.57. The van der Waals surface area contributed by atoms with E-state index in [1.165, 1.54) is 38.7 Å². The van der Waals surface area contributed by atoms with Gasteiger partial charge in [0.15, 0.2) is 11.6 Å². The van der Waals surface area contributed by atoms with E-state index in [2.05, 4.69) is 15.6 Å². The molecule has 0 aliphatic heterocycles. The van der Waals surface area contributed by atoms with E-state index < -0.39 is 25.0 Å². The maximum absolute atomic E-state index is 14.5. The molecule has 1 amide bonds. The number of rotatable bonds is 10. The quantitative estimate of drug-likeness (QED) is 0.210. The number of hydrogen-bond donors (Lipinski definition) is 2. The zero-order valence-corrected chi connectivity index (χ0v) is 22.6. The van der Waals surface area contributed by atoms with Crippen LogP contribution in [0.4, 0.5) is 23.2 Å². The van der Waals surface area contributed by atoms with Crippen LogP contribution in [0.2, 0.25) is 0 Å². The lowest BCUT2D eigenvalue weighted by molar-refractivity contribution is -0.131. The van der Waals surface area contributed by atoms with Gasteiger partial charge in [-0.15, -0.1) is 0 Å². The summed E-state index contributed by atoms with van der Waals surface area (Å²) in [5, 5.41) is 5.77. The van der Waals surface area contributed by atoms with Crippen LogP contribution in [-0.2, 0) is 0 Å².